The van der Waals surface area contributed by atoms with Crippen LogP contribution in [0, 0.1) is 5.92 Å². The summed E-state index contributed by atoms with van der Waals surface area (Å²) in [6, 6.07) is 5.75. The first-order chi connectivity index (χ1) is 55.7. The summed E-state index contributed by atoms with van der Waals surface area (Å²) in [5, 5.41) is 79.5. The number of nitrogens with zero attached hydrogens (tertiary/aromatic N) is 3. The number of carboxylic acid groups (broad SMARTS) is 2. The largest absolute Gasteiger partial charge is 0.481 e. The van der Waals surface area contributed by atoms with Gasteiger partial charge in [-0.25, -0.2) is 0 Å². The standard InChI is InChI=1S/C78H101Cl2N15O22S/c1-39(2)63-73(112)85-53(34-62(103)104)71(110)91-65(43(6)98)75(114)92-64(42(5)97)74(113)87-54(32-45-21-24-48(25-22-45)47-18-13-10-14-19-47)76(115)94(8)41(4)67(106)86-55(33-46-23-26-49(79)50(80)30-46)77(116)93(7)40(3)66(105)84-51(27-28-61(101)102)69(108)88-56(36-96)78(117)95-29-15-20-58(95)72(111)89-57(68(107)82-35-59(81)99)37-118-38-60(100)83-52(70(109)90-63)31-44-16-11-9-12-17-44/h9-14,16-19,21-26,30,39-43,51-58,63-65,96-98H,15,20,27-29,31-38H2,1-8H3,(H2,81,99)(H,82,107)(H,83,100)(H,84,105)(H,85,112)(H,86,106)(H,87,113)(H,88,108)(H,89,111)(H,90,109)(H,91,110)(H,92,114)(H,101,102)(H,103,104)/t40-,41-,42+,43+,51-,52-,53-,54-,55-,56-,57-,58-,63-,64-,65-/m0/s1. The van der Waals surface area contributed by atoms with Crippen LogP contribution in [0.5, 0.6) is 0 Å². The number of rotatable bonds is 19. The van der Waals surface area contributed by atoms with E-state index in [1.807, 2.05) is 30.3 Å². The molecule has 0 unspecified atom stereocenters. The fraction of sp³-hybridized carbons (Fsp3) is 0.474. The minimum Gasteiger partial charge on any atom is -0.481 e. The molecule has 2 saturated heterocycles. The Hall–Kier alpha value is -11.3. The highest BCUT2D eigenvalue weighted by molar-refractivity contribution is 8.00. The molecule has 18 N–H and O–H groups in total. The first-order valence-electron chi connectivity index (χ1n) is 37.7. The van der Waals surface area contributed by atoms with Gasteiger partial charge in [0.25, 0.3) is 0 Å². The molecule has 6 rings (SSSR count). The van der Waals surface area contributed by atoms with Gasteiger partial charge in [0.05, 0.1) is 47.6 Å². The molecule has 0 saturated carbocycles. The average molecular weight is 1700 g/mol. The zero-order chi connectivity index (χ0) is 87.5. The number of nitrogens with one attached hydrogen (secondary N) is 11. The molecule has 0 aliphatic carbocycles. The lowest BCUT2D eigenvalue weighted by Gasteiger charge is -2.33. The van der Waals surface area contributed by atoms with Crippen molar-refractivity contribution in [1.82, 2.24) is 73.2 Å². The molecular weight excluding hydrogens is 1600 g/mol. The van der Waals surface area contributed by atoms with E-state index in [0.29, 0.717) is 16.7 Å². The molecule has 2 aliphatic heterocycles. The van der Waals surface area contributed by atoms with E-state index in [-0.39, 0.29) is 48.7 Å². The molecule has 4 aromatic carbocycles. The Morgan fingerprint density at radius 2 is 0.983 bits per heavy atom. The Labute approximate surface area is 693 Å². The third-order valence-electron chi connectivity index (χ3n) is 19.6. The molecular formula is C78H101Cl2N15O22S. The van der Waals surface area contributed by atoms with Crippen LogP contribution in [-0.2, 0) is 101 Å². The molecule has 0 spiro atoms. The van der Waals surface area contributed by atoms with E-state index in [4.69, 9.17) is 28.9 Å². The van der Waals surface area contributed by atoms with Crippen molar-refractivity contribution in [3.8, 4) is 11.1 Å². The molecule has 118 heavy (non-hydrogen) atoms. The molecule has 2 fully saturated rings. The van der Waals surface area contributed by atoms with E-state index in [9.17, 15) is 102 Å². The normalized spacial score (nSPS) is 24.9. The van der Waals surface area contributed by atoms with Crippen LogP contribution >= 0.6 is 35.0 Å². The Morgan fingerprint density at radius 1 is 0.517 bits per heavy atom. The number of carbonyl (C=O) groups is 17. The lowest BCUT2D eigenvalue weighted by atomic mass is 9.99. The average Bonchev–Trinajstić information content (AvgIpc) is 1.50. The summed E-state index contributed by atoms with van der Waals surface area (Å²) in [6.07, 6.45) is -7.20. The second-order valence-electron chi connectivity index (χ2n) is 28.9. The number of carboxylic acids is 2. The first kappa shape index (κ1) is 95.5. The summed E-state index contributed by atoms with van der Waals surface area (Å²) in [4.78, 5) is 241. The highest BCUT2D eigenvalue weighted by Gasteiger charge is 2.43. The lowest BCUT2D eigenvalue weighted by Crippen LogP contribution is -2.64. The van der Waals surface area contributed by atoms with Crippen molar-refractivity contribution in [2.45, 2.75) is 184 Å². The Morgan fingerprint density at radius 3 is 1.53 bits per heavy atom. The number of thioether (sulfide) groups is 1. The molecule has 2 aliphatic rings. The number of aliphatic carboxylic acids is 2. The molecule has 0 aromatic heterocycles. The number of carbonyl (C=O) groups excluding carboxylic acids is 15. The number of halogens is 2. The van der Waals surface area contributed by atoms with E-state index in [1.165, 1.54) is 52.9 Å². The third kappa shape index (κ3) is 28.2. The van der Waals surface area contributed by atoms with E-state index in [2.05, 4.69) is 58.5 Å². The van der Waals surface area contributed by atoms with Crippen LogP contribution in [0.15, 0.2) is 103 Å². The van der Waals surface area contributed by atoms with Crippen LogP contribution < -0.4 is 64.2 Å². The number of hydrogen-bond donors (Lipinski definition) is 17. The fourth-order valence-electron chi connectivity index (χ4n) is 12.6. The Balaban J connectivity index is 1.41. The first-order valence-corrected chi connectivity index (χ1v) is 39.6. The zero-order valence-corrected chi connectivity index (χ0v) is 68.3. The molecule has 2 heterocycles. The predicted molar refractivity (Wildman–Crippen MR) is 428 cm³/mol. The van der Waals surface area contributed by atoms with E-state index in [0.717, 1.165) is 58.5 Å². The number of amides is 15. The summed E-state index contributed by atoms with van der Waals surface area (Å²) in [5.41, 5.74) is 8.08. The number of fused-ring (bicyclic) bond motifs is 1. The molecule has 4 aromatic rings. The van der Waals surface area contributed by atoms with Gasteiger partial charge in [-0.3, -0.25) is 81.5 Å². The quantitative estimate of drug-likeness (QED) is 0.0455. The number of aliphatic hydroxyl groups is 3. The minimum atomic E-state index is -2.11. The summed E-state index contributed by atoms with van der Waals surface area (Å²) >= 11 is 13.4. The number of primary amides is 1. The van der Waals surface area contributed by atoms with E-state index in [1.54, 1.807) is 54.6 Å². The van der Waals surface area contributed by atoms with Crippen molar-refractivity contribution in [3.05, 3.63) is 130 Å². The highest BCUT2D eigenvalue weighted by Crippen LogP contribution is 2.26. The van der Waals surface area contributed by atoms with Gasteiger partial charge < -0.3 is 104 Å². The van der Waals surface area contributed by atoms with Crippen LogP contribution in [0.2, 0.25) is 10.0 Å². The van der Waals surface area contributed by atoms with Gasteiger partial charge in [0, 0.05) is 52.1 Å². The maximum Gasteiger partial charge on any atom is 0.305 e. The van der Waals surface area contributed by atoms with Gasteiger partial charge in [-0.1, -0.05) is 128 Å². The monoisotopic (exact) mass is 1700 g/mol. The number of aliphatic hydroxyl groups excluding tert-OH is 3. The second-order valence-corrected chi connectivity index (χ2v) is 30.8. The number of hydrogen-bond acceptors (Lipinski definition) is 21. The van der Waals surface area contributed by atoms with Gasteiger partial charge in [0.1, 0.15) is 78.5 Å². The number of benzene rings is 4. The summed E-state index contributed by atoms with van der Waals surface area (Å²) < 4.78 is 0. The minimum absolute atomic E-state index is 0.0258. The van der Waals surface area contributed by atoms with E-state index < -0.39 is 241 Å². The lowest BCUT2D eigenvalue weighted by molar-refractivity contribution is -0.145. The Bertz CT molecular complexity index is 4300. The molecule has 15 amide bonds. The van der Waals surface area contributed by atoms with Crippen molar-refractivity contribution < 1.29 is 107 Å². The molecule has 640 valence electrons. The van der Waals surface area contributed by atoms with Crippen LogP contribution in [0.4, 0.5) is 0 Å². The van der Waals surface area contributed by atoms with Crippen LogP contribution in [0.1, 0.15) is 90.3 Å². The van der Waals surface area contributed by atoms with Crippen molar-refractivity contribution in [2.75, 3.05) is 45.3 Å². The topological polar surface area (TPSA) is 559 Å². The summed E-state index contributed by atoms with van der Waals surface area (Å²) in [6.45, 7) is 5.48. The highest BCUT2D eigenvalue weighted by atomic mass is 35.5. The van der Waals surface area contributed by atoms with Crippen LogP contribution in [-0.4, -0.2) is 277 Å². The SMILES string of the molecule is CC(C)[C@@H]1NC(=O)[C@H](Cc2ccccc2)NC(=O)CSC[C@@H](C(=O)NCC(N)=O)NC(=O)[C@@H]2CCCN2C(=O)[C@H](CO)NC(=O)[C@H](CCC(=O)O)NC(=O)[C@H](C)N(C)C(=O)[C@H](Cc2ccc(Cl)c(Cl)c2)NC(=O)[C@H](C)N(C)C(=O)[C@H](Cc2ccc(-c3ccccc3)cc2)NC(=O)[C@H]([C@@H](C)O)NC(=O)[C@H]([C@@H](C)O)NC(=O)[C@H](CC(=O)O)NC1=O. The molecule has 40 heteroatoms. The van der Waals surface area contributed by atoms with Crippen molar-refractivity contribution in [1.29, 1.82) is 0 Å². The van der Waals surface area contributed by atoms with E-state index >= 15 is 4.79 Å². The van der Waals surface area contributed by atoms with Gasteiger partial charge in [-0.15, -0.1) is 11.8 Å². The number of likely N-dealkylation sites (N-methyl/N-ethyl adjacent to an activating group) is 2. The van der Waals surface area contributed by atoms with Gasteiger partial charge in [0.2, 0.25) is 88.6 Å². The second kappa shape index (κ2) is 45.4. The molecule has 15 atom stereocenters. The fourth-order valence-corrected chi connectivity index (χ4v) is 13.8. The molecule has 37 nitrogen and oxygen atoms in total. The van der Waals surface area contributed by atoms with Crippen LogP contribution in [0.3, 0.4) is 0 Å². The maximum atomic E-state index is 15.1. The summed E-state index contributed by atoms with van der Waals surface area (Å²) in [7, 11) is 2.33. The molecule has 0 radical (unpaired) electrons. The van der Waals surface area contributed by atoms with Crippen molar-refractivity contribution in [3.63, 3.8) is 0 Å². The van der Waals surface area contributed by atoms with Gasteiger partial charge >= 0.3 is 11.9 Å². The van der Waals surface area contributed by atoms with Crippen molar-refractivity contribution in [2.24, 2.45) is 11.7 Å². The number of nitrogens with two attached hydrogens (primary N) is 1. The smallest absolute Gasteiger partial charge is 0.305 e. The summed E-state index contributed by atoms with van der Waals surface area (Å²) in [5.74, 6) is -21.3. The third-order valence-corrected chi connectivity index (χ3v) is 21.4. The van der Waals surface area contributed by atoms with Crippen molar-refractivity contribution >= 4 is 136 Å². The molecule has 0 bridgehead atoms. The van der Waals surface area contributed by atoms with Gasteiger partial charge in [-0.2, -0.15) is 0 Å². The maximum absolute atomic E-state index is 15.1. The van der Waals surface area contributed by atoms with Gasteiger partial charge in [-0.05, 0) is 92.8 Å². The van der Waals surface area contributed by atoms with Crippen LogP contribution in [0.25, 0.3) is 11.1 Å². The zero-order valence-electron chi connectivity index (χ0n) is 66.0. The Kier molecular flexibility index (Phi) is 36.8. The predicted octanol–water partition coefficient (Wildman–Crippen LogP) is -2.68. The van der Waals surface area contributed by atoms with Gasteiger partial charge in [0.15, 0.2) is 0 Å².